The van der Waals surface area contributed by atoms with E-state index in [0.717, 1.165) is 5.56 Å². The van der Waals surface area contributed by atoms with Crippen LogP contribution in [0.1, 0.15) is 32.7 Å². The molecule has 2 aromatic carbocycles. The second kappa shape index (κ2) is 8.50. The van der Waals surface area contributed by atoms with Crippen LogP contribution in [0.5, 0.6) is 0 Å². The van der Waals surface area contributed by atoms with E-state index < -0.39 is 11.9 Å². The number of esters is 1. The van der Waals surface area contributed by atoms with E-state index in [0.29, 0.717) is 51.8 Å². The van der Waals surface area contributed by atoms with Crippen LogP contribution in [0, 0.1) is 6.92 Å². The van der Waals surface area contributed by atoms with Gasteiger partial charge in [0.2, 0.25) is 11.9 Å². The predicted octanol–water partition coefficient (Wildman–Crippen LogP) is 3.01. The standard InChI is InChI=1S/C20H21ClN4O4/c1-11-10-12(18(22)27)4-7-15(11)23-20-24-16-14(21)6-5-13(19(28)29-2)17(16)25(20)8-3-9-26/h4-7,10,26H,3,8-9H2,1-2H3,(H2,22,27)(H,23,24). The minimum absolute atomic E-state index is 0.0282. The van der Waals surface area contributed by atoms with Crippen LogP contribution in [-0.2, 0) is 11.3 Å². The van der Waals surface area contributed by atoms with Crippen molar-refractivity contribution in [3.05, 3.63) is 52.0 Å². The lowest BCUT2D eigenvalue weighted by molar-refractivity contribution is 0.0602. The molecule has 152 valence electrons. The molecule has 0 saturated heterocycles. The first-order chi connectivity index (χ1) is 13.9. The highest BCUT2D eigenvalue weighted by Gasteiger charge is 2.21. The number of aryl methyl sites for hydroxylation is 2. The number of ether oxygens (including phenoxy) is 1. The number of nitrogens with two attached hydrogens (primary N) is 1. The van der Waals surface area contributed by atoms with E-state index >= 15 is 0 Å². The Morgan fingerprint density at radius 3 is 2.69 bits per heavy atom. The zero-order chi connectivity index (χ0) is 21.1. The molecule has 0 unspecified atom stereocenters. The fraction of sp³-hybridized carbons (Fsp3) is 0.250. The first-order valence-corrected chi connectivity index (χ1v) is 9.30. The van der Waals surface area contributed by atoms with E-state index in [1.807, 2.05) is 6.92 Å². The van der Waals surface area contributed by atoms with Crippen molar-refractivity contribution >= 4 is 46.1 Å². The third-order valence-corrected chi connectivity index (χ3v) is 4.85. The second-order valence-electron chi connectivity index (χ2n) is 6.47. The summed E-state index contributed by atoms with van der Waals surface area (Å²) in [5.74, 6) is -0.573. The van der Waals surface area contributed by atoms with Gasteiger partial charge in [-0.2, -0.15) is 0 Å². The molecule has 4 N–H and O–H groups in total. The minimum atomic E-state index is -0.510. The van der Waals surface area contributed by atoms with Crippen LogP contribution in [0.3, 0.4) is 0 Å². The largest absolute Gasteiger partial charge is 0.465 e. The van der Waals surface area contributed by atoms with E-state index in [2.05, 4.69) is 10.3 Å². The third kappa shape index (κ3) is 4.03. The van der Waals surface area contributed by atoms with Crippen molar-refractivity contribution < 1.29 is 19.4 Å². The van der Waals surface area contributed by atoms with Gasteiger partial charge in [0, 0.05) is 24.4 Å². The molecule has 0 bridgehead atoms. The number of fused-ring (bicyclic) bond motifs is 1. The first kappa shape index (κ1) is 20.6. The van der Waals surface area contributed by atoms with Gasteiger partial charge < -0.3 is 25.5 Å². The van der Waals surface area contributed by atoms with Gasteiger partial charge in [0.15, 0.2) is 0 Å². The van der Waals surface area contributed by atoms with E-state index in [-0.39, 0.29) is 6.61 Å². The Morgan fingerprint density at radius 1 is 1.31 bits per heavy atom. The van der Waals surface area contributed by atoms with Crippen molar-refractivity contribution in [1.29, 1.82) is 0 Å². The fourth-order valence-electron chi connectivity index (χ4n) is 3.10. The molecule has 0 aliphatic heterocycles. The number of nitrogens with one attached hydrogen (secondary N) is 1. The monoisotopic (exact) mass is 416 g/mol. The van der Waals surface area contributed by atoms with Crippen LogP contribution in [0.25, 0.3) is 11.0 Å². The first-order valence-electron chi connectivity index (χ1n) is 8.92. The molecule has 0 spiro atoms. The normalized spacial score (nSPS) is 10.9. The van der Waals surface area contributed by atoms with Crippen LogP contribution < -0.4 is 11.1 Å². The number of imidazole rings is 1. The number of aromatic nitrogens is 2. The molecule has 0 atom stereocenters. The van der Waals surface area contributed by atoms with Gasteiger partial charge in [-0.3, -0.25) is 4.79 Å². The molecule has 0 aliphatic carbocycles. The molecule has 0 radical (unpaired) electrons. The lowest BCUT2D eigenvalue weighted by atomic mass is 10.1. The molecular weight excluding hydrogens is 396 g/mol. The maximum Gasteiger partial charge on any atom is 0.340 e. The molecule has 1 amide bonds. The van der Waals surface area contributed by atoms with Crippen LogP contribution in [0.15, 0.2) is 30.3 Å². The van der Waals surface area contributed by atoms with Crippen molar-refractivity contribution in [2.45, 2.75) is 19.9 Å². The third-order valence-electron chi connectivity index (χ3n) is 4.55. The number of carbonyl (C=O) groups excluding carboxylic acids is 2. The minimum Gasteiger partial charge on any atom is -0.465 e. The molecule has 0 fully saturated rings. The number of benzene rings is 2. The maximum atomic E-state index is 12.3. The molecule has 0 aliphatic rings. The highest BCUT2D eigenvalue weighted by molar-refractivity contribution is 6.35. The summed E-state index contributed by atoms with van der Waals surface area (Å²) in [6.07, 6.45) is 0.451. The topological polar surface area (TPSA) is 119 Å². The van der Waals surface area contributed by atoms with Crippen molar-refractivity contribution in [2.24, 2.45) is 5.73 Å². The quantitative estimate of drug-likeness (QED) is 0.509. The van der Waals surface area contributed by atoms with Gasteiger partial charge in [0.05, 0.1) is 23.2 Å². The number of halogens is 1. The maximum absolute atomic E-state index is 12.3. The Hall–Kier alpha value is -3.10. The smallest absolute Gasteiger partial charge is 0.340 e. The molecule has 29 heavy (non-hydrogen) atoms. The predicted molar refractivity (Wildman–Crippen MR) is 111 cm³/mol. The average Bonchev–Trinajstić information content (AvgIpc) is 3.06. The summed E-state index contributed by atoms with van der Waals surface area (Å²) in [4.78, 5) is 28.2. The number of hydrogen-bond donors (Lipinski definition) is 3. The lowest BCUT2D eigenvalue weighted by Crippen LogP contribution is -2.12. The molecule has 1 aromatic heterocycles. The van der Waals surface area contributed by atoms with Crippen molar-refractivity contribution in [1.82, 2.24) is 9.55 Å². The van der Waals surface area contributed by atoms with Crippen LogP contribution >= 0.6 is 11.6 Å². The summed E-state index contributed by atoms with van der Waals surface area (Å²) < 4.78 is 6.67. The number of anilines is 2. The van der Waals surface area contributed by atoms with E-state index in [1.165, 1.54) is 7.11 Å². The summed E-state index contributed by atoms with van der Waals surface area (Å²) in [6.45, 7) is 2.21. The van der Waals surface area contributed by atoms with Crippen molar-refractivity contribution in [3.8, 4) is 0 Å². The van der Waals surface area contributed by atoms with Gasteiger partial charge >= 0.3 is 5.97 Å². The fourth-order valence-corrected chi connectivity index (χ4v) is 3.30. The van der Waals surface area contributed by atoms with Crippen LogP contribution in [0.2, 0.25) is 5.02 Å². The molecule has 1 heterocycles. The number of amides is 1. The Labute approximate surface area is 172 Å². The Kier molecular flexibility index (Phi) is 6.05. The summed E-state index contributed by atoms with van der Waals surface area (Å²) in [5, 5.41) is 12.9. The second-order valence-corrected chi connectivity index (χ2v) is 6.87. The van der Waals surface area contributed by atoms with Crippen LogP contribution in [-0.4, -0.2) is 40.3 Å². The highest BCUT2D eigenvalue weighted by Crippen LogP contribution is 2.32. The van der Waals surface area contributed by atoms with E-state index in [1.54, 1.807) is 34.9 Å². The number of hydrogen-bond acceptors (Lipinski definition) is 6. The highest BCUT2D eigenvalue weighted by atomic mass is 35.5. The number of primary amides is 1. The number of aliphatic hydroxyl groups is 1. The SMILES string of the molecule is COC(=O)c1ccc(Cl)c2nc(Nc3ccc(C(N)=O)cc3C)n(CCCO)c12. The van der Waals surface area contributed by atoms with Gasteiger partial charge in [-0.1, -0.05) is 11.6 Å². The number of methoxy groups -OCH3 is 1. The molecule has 3 aromatic rings. The number of carbonyl (C=O) groups is 2. The van der Waals surface area contributed by atoms with Gasteiger partial charge in [-0.05, 0) is 49.2 Å². The summed E-state index contributed by atoms with van der Waals surface area (Å²) in [6, 6.07) is 8.21. The number of aliphatic hydroxyl groups excluding tert-OH is 1. The lowest BCUT2D eigenvalue weighted by Gasteiger charge is -2.13. The van der Waals surface area contributed by atoms with Crippen molar-refractivity contribution in [2.75, 3.05) is 19.0 Å². The van der Waals surface area contributed by atoms with Crippen LogP contribution in [0.4, 0.5) is 11.6 Å². The Bertz CT molecular complexity index is 1090. The molecule has 0 saturated carbocycles. The Morgan fingerprint density at radius 2 is 2.07 bits per heavy atom. The zero-order valence-corrected chi connectivity index (χ0v) is 16.8. The summed E-state index contributed by atoms with van der Waals surface area (Å²) >= 11 is 6.33. The van der Waals surface area contributed by atoms with Gasteiger partial charge in [-0.15, -0.1) is 0 Å². The Balaban J connectivity index is 2.15. The molecular formula is C20H21ClN4O4. The molecule has 9 heteroatoms. The van der Waals surface area contributed by atoms with Crippen molar-refractivity contribution in [3.63, 3.8) is 0 Å². The van der Waals surface area contributed by atoms with E-state index in [4.69, 9.17) is 22.1 Å². The number of nitrogens with zero attached hydrogens (tertiary/aromatic N) is 2. The van der Waals surface area contributed by atoms with Gasteiger partial charge in [0.1, 0.15) is 5.52 Å². The van der Waals surface area contributed by atoms with Gasteiger partial charge in [-0.25, -0.2) is 9.78 Å². The number of rotatable bonds is 7. The summed E-state index contributed by atoms with van der Waals surface area (Å²) in [5.41, 5.74) is 8.53. The molecule has 8 nitrogen and oxygen atoms in total. The zero-order valence-electron chi connectivity index (χ0n) is 16.0. The van der Waals surface area contributed by atoms with Gasteiger partial charge in [0.25, 0.3) is 0 Å². The van der Waals surface area contributed by atoms with E-state index in [9.17, 15) is 14.7 Å². The average molecular weight is 417 g/mol. The summed E-state index contributed by atoms with van der Waals surface area (Å²) in [7, 11) is 1.31. The molecule has 3 rings (SSSR count).